The molecule has 0 radical (unpaired) electrons. The monoisotopic (exact) mass is 417 g/mol. The molecule has 0 aromatic heterocycles. The summed E-state index contributed by atoms with van der Waals surface area (Å²) in [7, 11) is 0. The average Bonchev–Trinajstić information content (AvgIpc) is 2.78. The van der Waals surface area contributed by atoms with E-state index in [1.807, 2.05) is 13.0 Å². The lowest BCUT2D eigenvalue weighted by Gasteiger charge is -2.08. The van der Waals surface area contributed by atoms with Crippen molar-refractivity contribution < 1.29 is 23.4 Å². The van der Waals surface area contributed by atoms with Gasteiger partial charge in [0.15, 0.2) is 6.61 Å². The lowest BCUT2D eigenvalue weighted by Crippen LogP contribution is -2.17. The molecule has 0 aliphatic heterocycles. The predicted octanol–water partition coefficient (Wildman–Crippen LogP) is 5.27. The Hall–Kier alpha value is -4.11. The second-order valence-electron chi connectivity index (χ2n) is 6.39. The number of rotatable bonds is 8. The first-order valence-electron chi connectivity index (χ1n) is 9.62. The van der Waals surface area contributed by atoms with Crippen molar-refractivity contribution in [3.8, 4) is 23.3 Å². The third kappa shape index (κ3) is 6.18. The normalized spacial score (nSPS) is 10.8. The molecule has 0 spiro atoms. The highest BCUT2D eigenvalue weighted by molar-refractivity contribution is 5.90. The Morgan fingerprint density at radius 1 is 0.968 bits per heavy atom. The molecule has 3 rings (SSSR count). The second-order valence-corrected chi connectivity index (χ2v) is 6.39. The van der Waals surface area contributed by atoms with Crippen LogP contribution in [0.2, 0.25) is 0 Å². The topological polar surface area (TPSA) is 68.6 Å². The van der Waals surface area contributed by atoms with E-state index < -0.39 is 11.8 Å². The quantitative estimate of drug-likeness (QED) is 0.216. The van der Waals surface area contributed by atoms with Gasteiger partial charge in [-0.2, -0.15) is 5.26 Å². The minimum atomic E-state index is -0.579. The molecule has 0 fully saturated rings. The van der Waals surface area contributed by atoms with Crippen molar-refractivity contribution in [1.82, 2.24) is 0 Å². The first kappa shape index (κ1) is 21.6. The second kappa shape index (κ2) is 10.6. The number of hydrogen-bond donors (Lipinski definition) is 0. The van der Waals surface area contributed by atoms with Gasteiger partial charge in [0, 0.05) is 5.56 Å². The smallest absolute Gasteiger partial charge is 0.349 e. The molecule has 6 heteroatoms. The van der Waals surface area contributed by atoms with Gasteiger partial charge in [0.05, 0.1) is 18.2 Å². The number of carbonyl (C=O) groups excluding carboxylic acids is 1. The predicted molar refractivity (Wildman–Crippen MR) is 115 cm³/mol. The van der Waals surface area contributed by atoms with E-state index in [0.717, 1.165) is 5.75 Å². The summed E-state index contributed by atoms with van der Waals surface area (Å²) in [6, 6.07) is 21.6. The molecular weight excluding hydrogens is 397 g/mol. The SMILES string of the molecule is CCOc1ccc(OCC(=O)Oc2cccc(/C=C(/C#N)c3ccccc3F)c2)cc1. The van der Waals surface area contributed by atoms with Crippen LogP contribution in [0.25, 0.3) is 11.6 Å². The molecule has 0 aliphatic carbocycles. The van der Waals surface area contributed by atoms with Gasteiger partial charge in [-0.15, -0.1) is 0 Å². The number of benzene rings is 3. The minimum Gasteiger partial charge on any atom is -0.494 e. The summed E-state index contributed by atoms with van der Waals surface area (Å²) in [4.78, 5) is 12.1. The van der Waals surface area contributed by atoms with Crippen LogP contribution in [0.5, 0.6) is 17.2 Å². The molecule has 3 aromatic carbocycles. The van der Waals surface area contributed by atoms with E-state index in [1.165, 1.54) is 18.2 Å². The number of carbonyl (C=O) groups is 1. The van der Waals surface area contributed by atoms with E-state index in [-0.39, 0.29) is 17.7 Å². The summed E-state index contributed by atoms with van der Waals surface area (Å²) < 4.78 is 30.1. The van der Waals surface area contributed by atoms with Crippen molar-refractivity contribution in [1.29, 1.82) is 5.26 Å². The molecule has 0 bridgehead atoms. The molecular formula is C25H20FNO4. The van der Waals surface area contributed by atoms with Crippen LogP contribution in [0.15, 0.2) is 72.8 Å². The fraction of sp³-hybridized carbons (Fsp3) is 0.120. The summed E-state index contributed by atoms with van der Waals surface area (Å²) in [5.74, 6) is 0.462. The number of hydrogen-bond acceptors (Lipinski definition) is 5. The Kier molecular flexibility index (Phi) is 7.39. The van der Waals surface area contributed by atoms with Crippen LogP contribution < -0.4 is 14.2 Å². The Labute approximate surface area is 179 Å². The van der Waals surface area contributed by atoms with Crippen molar-refractivity contribution in [3.05, 3.63) is 89.7 Å². The Morgan fingerprint density at radius 2 is 1.68 bits per heavy atom. The molecule has 0 saturated heterocycles. The molecule has 3 aromatic rings. The van der Waals surface area contributed by atoms with Crippen molar-refractivity contribution in [2.75, 3.05) is 13.2 Å². The zero-order valence-electron chi connectivity index (χ0n) is 16.9. The van der Waals surface area contributed by atoms with Gasteiger partial charge in [-0.1, -0.05) is 30.3 Å². The van der Waals surface area contributed by atoms with Gasteiger partial charge >= 0.3 is 5.97 Å². The zero-order chi connectivity index (χ0) is 22.1. The van der Waals surface area contributed by atoms with Crippen LogP contribution in [0, 0.1) is 17.1 Å². The number of allylic oxidation sites excluding steroid dienone is 1. The lowest BCUT2D eigenvalue weighted by molar-refractivity contribution is -0.136. The van der Waals surface area contributed by atoms with E-state index in [1.54, 1.807) is 60.7 Å². The van der Waals surface area contributed by atoms with Crippen molar-refractivity contribution in [2.24, 2.45) is 0 Å². The van der Waals surface area contributed by atoms with E-state index in [9.17, 15) is 14.4 Å². The molecule has 0 amide bonds. The van der Waals surface area contributed by atoms with E-state index in [4.69, 9.17) is 14.2 Å². The van der Waals surface area contributed by atoms with Gasteiger partial charge in [-0.3, -0.25) is 0 Å². The Bertz CT molecular complexity index is 1120. The number of halogens is 1. The van der Waals surface area contributed by atoms with Crippen molar-refractivity contribution in [3.63, 3.8) is 0 Å². The largest absolute Gasteiger partial charge is 0.494 e. The highest BCUT2D eigenvalue weighted by atomic mass is 19.1. The van der Waals surface area contributed by atoms with Crippen LogP contribution in [0.3, 0.4) is 0 Å². The third-order valence-electron chi connectivity index (χ3n) is 4.18. The van der Waals surface area contributed by atoms with Gasteiger partial charge in [-0.05, 0) is 61.0 Å². The van der Waals surface area contributed by atoms with Gasteiger partial charge in [-0.25, -0.2) is 9.18 Å². The Morgan fingerprint density at radius 3 is 2.35 bits per heavy atom. The van der Waals surface area contributed by atoms with Crippen molar-refractivity contribution >= 4 is 17.6 Å². The highest BCUT2D eigenvalue weighted by Gasteiger charge is 2.09. The number of nitrogens with zero attached hydrogens (tertiary/aromatic N) is 1. The third-order valence-corrected chi connectivity index (χ3v) is 4.18. The molecule has 0 saturated carbocycles. The highest BCUT2D eigenvalue weighted by Crippen LogP contribution is 2.23. The molecule has 31 heavy (non-hydrogen) atoms. The molecule has 0 aliphatic rings. The summed E-state index contributed by atoms with van der Waals surface area (Å²) in [5, 5.41) is 9.41. The van der Waals surface area contributed by atoms with Crippen molar-refractivity contribution in [2.45, 2.75) is 6.92 Å². The lowest BCUT2D eigenvalue weighted by atomic mass is 10.0. The molecule has 0 atom stereocenters. The van der Waals surface area contributed by atoms with Crippen LogP contribution in [0.4, 0.5) is 4.39 Å². The fourth-order valence-corrected chi connectivity index (χ4v) is 2.79. The number of ether oxygens (including phenoxy) is 3. The summed E-state index contributed by atoms with van der Waals surface area (Å²) in [6.45, 7) is 2.19. The van der Waals surface area contributed by atoms with Gasteiger partial charge in [0.2, 0.25) is 0 Å². The first-order valence-corrected chi connectivity index (χ1v) is 9.62. The van der Waals surface area contributed by atoms with E-state index in [2.05, 4.69) is 0 Å². The van der Waals surface area contributed by atoms with Crippen LogP contribution in [0.1, 0.15) is 18.1 Å². The summed E-state index contributed by atoms with van der Waals surface area (Å²) >= 11 is 0. The number of nitriles is 1. The van der Waals surface area contributed by atoms with Gasteiger partial charge in [0.25, 0.3) is 0 Å². The molecule has 5 nitrogen and oxygen atoms in total. The first-order chi connectivity index (χ1) is 15.1. The maximum atomic E-state index is 14.0. The van der Waals surface area contributed by atoms with Crippen LogP contribution >= 0.6 is 0 Å². The van der Waals surface area contributed by atoms with Crippen LogP contribution in [-0.2, 0) is 4.79 Å². The van der Waals surface area contributed by atoms with Crippen LogP contribution in [-0.4, -0.2) is 19.2 Å². The Balaban J connectivity index is 1.64. The maximum Gasteiger partial charge on any atom is 0.349 e. The summed E-state index contributed by atoms with van der Waals surface area (Å²) in [5.41, 5.74) is 0.967. The fourth-order valence-electron chi connectivity index (χ4n) is 2.79. The van der Waals surface area contributed by atoms with E-state index in [0.29, 0.717) is 23.7 Å². The van der Waals surface area contributed by atoms with E-state index >= 15 is 0 Å². The molecule has 156 valence electrons. The molecule has 0 heterocycles. The standard InChI is InChI=1S/C25H20FNO4/c1-2-29-20-10-12-21(13-11-20)30-17-25(28)31-22-7-5-6-18(15-22)14-19(16-27)23-8-3-4-9-24(23)26/h3-15H,2,17H2,1H3/b19-14-. The average molecular weight is 417 g/mol. The van der Waals surface area contributed by atoms with Gasteiger partial charge < -0.3 is 14.2 Å². The van der Waals surface area contributed by atoms with Gasteiger partial charge in [0.1, 0.15) is 23.1 Å². The summed E-state index contributed by atoms with van der Waals surface area (Å²) in [6.07, 6.45) is 1.53. The zero-order valence-corrected chi connectivity index (χ0v) is 16.9. The number of esters is 1. The minimum absolute atomic E-state index is 0.167. The maximum absolute atomic E-state index is 14.0. The molecule has 0 unspecified atom stereocenters. The molecule has 0 N–H and O–H groups in total.